The Morgan fingerprint density at radius 1 is 1.38 bits per heavy atom. The van der Waals surface area contributed by atoms with Crippen LogP contribution in [0.4, 0.5) is 0 Å². The van der Waals surface area contributed by atoms with Crippen molar-refractivity contribution in [2.24, 2.45) is 0 Å². The Balaban J connectivity index is 2.03. The molecule has 0 saturated carbocycles. The van der Waals surface area contributed by atoms with E-state index >= 15 is 0 Å². The summed E-state index contributed by atoms with van der Waals surface area (Å²) in [4.78, 5) is 11.5. The first-order chi connectivity index (χ1) is 9.81. The minimum absolute atomic E-state index is 0.0487. The van der Waals surface area contributed by atoms with Crippen molar-refractivity contribution in [2.45, 2.75) is 44.8 Å². The summed E-state index contributed by atoms with van der Waals surface area (Å²) < 4.78 is 10.6. The molecule has 0 aliphatic carbocycles. The van der Waals surface area contributed by atoms with E-state index in [0.29, 0.717) is 23.7 Å². The van der Waals surface area contributed by atoms with E-state index in [9.17, 15) is 4.79 Å². The number of rotatable bonds is 3. The molecule has 116 valence electrons. The molecule has 1 aromatic rings. The third-order valence-corrected chi connectivity index (χ3v) is 3.96. The second kappa shape index (κ2) is 6.24. The number of carbonyl (C=O) groups excluding carboxylic acids is 1. The van der Waals surface area contributed by atoms with Gasteiger partial charge < -0.3 is 14.8 Å². The van der Waals surface area contributed by atoms with Crippen molar-refractivity contribution in [3.8, 4) is 5.75 Å². The predicted octanol–water partition coefficient (Wildman–Crippen LogP) is 2.92. The summed E-state index contributed by atoms with van der Waals surface area (Å²) in [6.45, 7) is 7.03. The average molecular weight is 312 g/mol. The minimum Gasteiger partial charge on any atom is -0.487 e. The number of benzene rings is 1. The van der Waals surface area contributed by atoms with E-state index in [1.54, 1.807) is 0 Å². The molecule has 0 spiro atoms. The Kier molecular flexibility index (Phi) is 4.79. The third-order valence-electron chi connectivity index (χ3n) is 3.67. The van der Waals surface area contributed by atoms with E-state index in [2.05, 4.69) is 26.1 Å². The number of hydrogen-bond donors (Lipinski definition) is 1. The molecule has 1 fully saturated rings. The van der Waals surface area contributed by atoms with Crippen molar-refractivity contribution >= 4 is 17.6 Å². The first kappa shape index (κ1) is 16.1. The molecule has 1 N–H and O–H groups in total. The average Bonchev–Trinajstić information content (AvgIpc) is 2.87. The molecule has 0 radical (unpaired) electrons. The largest absolute Gasteiger partial charge is 0.487 e. The predicted molar refractivity (Wildman–Crippen MR) is 83.0 cm³/mol. The molecular formula is C16H22ClNO3. The van der Waals surface area contributed by atoms with Gasteiger partial charge in [0.15, 0.2) is 0 Å². The molecule has 1 saturated heterocycles. The van der Waals surface area contributed by atoms with Gasteiger partial charge in [-0.1, -0.05) is 38.4 Å². The quantitative estimate of drug-likeness (QED) is 0.872. The van der Waals surface area contributed by atoms with Crippen molar-refractivity contribution in [2.75, 3.05) is 13.7 Å². The van der Waals surface area contributed by atoms with Gasteiger partial charge in [0.1, 0.15) is 17.9 Å². The fourth-order valence-electron chi connectivity index (χ4n) is 2.36. The Bertz CT molecular complexity index is 525. The smallest absolute Gasteiger partial charge is 0.323 e. The summed E-state index contributed by atoms with van der Waals surface area (Å²) in [5.41, 5.74) is 1.21. The van der Waals surface area contributed by atoms with Crippen molar-refractivity contribution in [3.63, 3.8) is 0 Å². The van der Waals surface area contributed by atoms with Gasteiger partial charge in [-0.15, -0.1) is 0 Å². The summed E-state index contributed by atoms with van der Waals surface area (Å²) in [5, 5.41) is 3.69. The van der Waals surface area contributed by atoms with Gasteiger partial charge in [0.25, 0.3) is 0 Å². The Labute approximate surface area is 130 Å². The summed E-state index contributed by atoms with van der Waals surface area (Å²) >= 11 is 6.30. The molecule has 0 amide bonds. The molecule has 1 aromatic carbocycles. The first-order valence-electron chi connectivity index (χ1n) is 7.09. The first-order valence-corrected chi connectivity index (χ1v) is 7.47. The highest BCUT2D eigenvalue weighted by Gasteiger charge is 2.31. The number of ether oxygens (including phenoxy) is 2. The maximum absolute atomic E-state index is 11.5. The fraction of sp³-hybridized carbons (Fsp3) is 0.562. The molecule has 1 aliphatic rings. The van der Waals surface area contributed by atoms with E-state index in [1.807, 2.05) is 18.2 Å². The molecule has 5 heteroatoms. The fourth-order valence-corrected chi connectivity index (χ4v) is 2.58. The second-order valence-electron chi connectivity index (χ2n) is 6.35. The van der Waals surface area contributed by atoms with Crippen LogP contribution >= 0.6 is 11.6 Å². The van der Waals surface area contributed by atoms with E-state index < -0.39 is 0 Å². The van der Waals surface area contributed by atoms with Crippen LogP contribution in [-0.4, -0.2) is 31.8 Å². The summed E-state index contributed by atoms with van der Waals surface area (Å²) in [6, 6.07) is 5.57. The normalized spacial score (nSPS) is 22.1. The zero-order chi connectivity index (χ0) is 15.6. The van der Waals surface area contributed by atoms with Gasteiger partial charge >= 0.3 is 5.97 Å². The highest BCUT2D eigenvalue weighted by Crippen LogP contribution is 2.32. The number of halogens is 1. The number of esters is 1. The molecule has 1 aliphatic heterocycles. The van der Waals surface area contributed by atoms with Gasteiger partial charge in [-0.2, -0.15) is 0 Å². The van der Waals surface area contributed by atoms with Crippen LogP contribution in [0.2, 0.25) is 5.02 Å². The van der Waals surface area contributed by atoms with Gasteiger partial charge in [-0.3, -0.25) is 4.79 Å². The van der Waals surface area contributed by atoms with Crippen molar-refractivity contribution < 1.29 is 14.3 Å². The lowest BCUT2D eigenvalue weighted by Crippen LogP contribution is -2.31. The standard InChI is InChI=1S/C16H22ClNO3/c1-16(2,3)10-5-6-14(12(17)7-10)21-11-8-13(18-9-11)15(19)20-4/h5-7,11,13,18H,8-9H2,1-4H3/t11-,13+/m1/s1. The van der Waals surface area contributed by atoms with Gasteiger partial charge in [0, 0.05) is 13.0 Å². The Morgan fingerprint density at radius 2 is 2.10 bits per heavy atom. The molecule has 2 atom stereocenters. The maximum atomic E-state index is 11.5. The van der Waals surface area contributed by atoms with Crippen LogP contribution in [0.1, 0.15) is 32.8 Å². The number of nitrogens with one attached hydrogen (secondary N) is 1. The lowest BCUT2D eigenvalue weighted by molar-refractivity contribution is -0.142. The van der Waals surface area contributed by atoms with Crippen molar-refractivity contribution in [3.05, 3.63) is 28.8 Å². The van der Waals surface area contributed by atoms with E-state index in [-0.39, 0.29) is 23.5 Å². The zero-order valence-electron chi connectivity index (χ0n) is 12.9. The molecule has 0 aromatic heterocycles. The highest BCUT2D eigenvalue weighted by molar-refractivity contribution is 6.32. The second-order valence-corrected chi connectivity index (χ2v) is 6.76. The Morgan fingerprint density at radius 3 is 2.67 bits per heavy atom. The van der Waals surface area contributed by atoms with E-state index in [0.717, 1.165) is 5.56 Å². The van der Waals surface area contributed by atoms with Gasteiger partial charge in [0.05, 0.1) is 12.1 Å². The number of methoxy groups -OCH3 is 1. The lowest BCUT2D eigenvalue weighted by atomic mass is 9.87. The highest BCUT2D eigenvalue weighted by atomic mass is 35.5. The SMILES string of the molecule is COC(=O)[C@@H]1C[C@@H](Oc2ccc(C(C)(C)C)cc2Cl)CN1. The number of carbonyl (C=O) groups is 1. The molecule has 2 rings (SSSR count). The van der Waals surface area contributed by atoms with Gasteiger partial charge in [-0.05, 0) is 23.1 Å². The topological polar surface area (TPSA) is 47.6 Å². The molecule has 0 bridgehead atoms. The van der Waals surface area contributed by atoms with E-state index in [4.69, 9.17) is 21.1 Å². The van der Waals surface area contributed by atoms with Crippen molar-refractivity contribution in [1.82, 2.24) is 5.32 Å². The summed E-state index contributed by atoms with van der Waals surface area (Å²) in [5.74, 6) is 0.400. The van der Waals surface area contributed by atoms with Crippen LogP contribution in [0.25, 0.3) is 0 Å². The number of hydrogen-bond acceptors (Lipinski definition) is 4. The summed E-state index contributed by atoms with van der Waals surface area (Å²) in [7, 11) is 1.39. The van der Waals surface area contributed by atoms with Crippen molar-refractivity contribution in [1.29, 1.82) is 0 Å². The monoisotopic (exact) mass is 311 g/mol. The van der Waals surface area contributed by atoms with Gasteiger partial charge in [0.2, 0.25) is 0 Å². The Hall–Kier alpha value is -1.26. The van der Waals surface area contributed by atoms with Crippen LogP contribution < -0.4 is 10.1 Å². The molecule has 1 heterocycles. The molecule has 0 unspecified atom stereocenters. The van der Waals surface area contributed by atoms with Crippen LogP contribution in [0.15, 0.2) is 18.2 Å². The zero-order valence-corrected chi connectivity index (χ0v) is 13.7. The van der Waals surface area contributed by atoms with Crippen LogP contribution in [0.5, 0.6) is 5.75 Å². The maximum Gasteiger partial charge on any atom is 0.323 e. The third kappa shape index (κ3) is 3.89. The molecule has 4 nitrogen and oxygen atoms in total. The molecular weight excluding hydrogens is 290 g/mol. The van der Waals surface area contributed by atoms with Crippen LogP contribution in [-0.2, 0) is 14.9 Å². The lowest BCUT2D eigenvalue weighted by Gasteiger charge is -2.21. The van der Waals surface area contributed by atoms with Crippen LogP contribution in [0, 0.1) is 0 Å². The van der Waals surface area contributed by atoms with Gasteiger partial charge in [-0.25, -0.2) is 0 Å². The summed E-state index contributed by atoms with van der Waals surface area (Å²) in [6.07, 6.45) is 0.511. The van der Waals surface area contributed by atoms with Crippen LogP contribution in [0.3, 0.4) is 0 Å². The van der Waals surface area contributed by atoms with E-state index in [1.165, 1.54) is 7.11 Å². The minimum atomic E-state index is -0.298. The molecule has 21 heavy (non-hydrogen) atoms.